The van der Waals surface area contributed by atoms with Crippen molar-refractivity contribution in [2.24, 2.45) is 10.9 Å². The maximum Gasteiger partial charge on any atom is 0.198 e. The minimum atomic E-state index is -0.966. The molecule has 0 unspecified atom stereocenters. The molecule has 0 aliphatic rings. The third-order valence-electron chi connectivity index (χ3n) is 2.51. The largest absolute Gasteiger partial charge is 0.450 e. The Morgan fingerprint density at radius 3 is 2.45 bits per heavy atom. The van der Waals surface area contributed by atoms with E-state index in [-0.39, 0.29) is 11.3 Å². The van der Waals surface area contributed by atoms with Crippen LogP contribution in [0.4, 0.5) is 8.78 Å². The number of amidine groups is 1. The van der Waals surface area contributed by atoms with Crippen LogP contribution >= 0.6 is 0 Å². The zero-order valence-electron chi connectivity index (χ0n) is 10.5. The van der Waals surface area contributed by atoms with Crippen molar-refractivity contribution in [1.82, 2.24) is 4.98 Å². The van der Waals surface area contributed by atoms with Crippen molar-refractivity contribution in [1.29, 1.82) is 0 Å². The Bertz CT molecular complexity index is 634. The van der Waals surface area contributed by atoms with Crippen LogP contribution in [0.15, 0.2) is 35.6 Å². The maximum absolute atomic E-state index is 13.8. The number of pyridine rings is 1. The molecule has 20 heavy (non-hydrogen) atoms. The molecule has 0 saturated heterocycles. The van der Waals surface area contributed by atoms with Gasteiger partial charge in [0.1, 0.15) is 5.75 Å². The highest BCUT2D eigenvalue weighted by molar-refractivity contribution is 5.97. The Balaban J connectivity index is 2.35. The van der Waals surface area contributed by atoms with Gasteiger partial charge in [-0.1, -0.05) is 5.16 Å². The number of aryl methyl sites for hydroxylation is 1. The number of oxime groups is 1. The lowest BCUT2D eigenvalue weighted by molar-refractivity contribution is 0.318. The lowest BCUT2D eigenvalue weighted by Crippen LogP contribution is -2.14. The summed E-state index contributed by atoms with van der Waals surface area (Å²) in [7, 11) is 0. The molecule has 0 fully saturated rings. The second-order valence-electron chi connectivity index (χ2n) is 3.99. The maximum atomic E-state index is 13.8. The highest BCUT2D eigenvalue weighted by atomic mass is 19.1. The van der Waals surface area contributed by atoms with Crippen LogP contribution < -0.4 is 10.5 Å². The summed E-state index contributed by atoms with van der Waals surface area (Å²) in [6, 6.07) is 5.01. The van der Waals surface area contributed by atoms with Gasteiger partial charge in [-0.3, -0.25) is 4.98 Å². The molecule has 0 spiro atoms. The molecule has 2 rings (SSSR count). The van der Waals surface area contributed by atoms with Gasteiger partial charge in [-0.2, -0.15) is 0 Å². The molecule has 3 N–H and O–H groups in total. The Morgan fingerprint density at radius 1 is 1.30 bits per heavy atom. The fourth-order valence-electron chi connectivity index (χ4n) is 1.50. The number of ether oxygens (including phenoxy) is 1. The monoisotopic (exact) mass is 279 g/mol. The van der Waals surface area contributed by atoms with Crippen molar-refractivity contribution >= 4 is 5.84 Å². The fourth-order valence-corrected chi connectivity index (χ4v) is 1.50. The molecule has 0 atom stereocenters. The van der Waals surface area contributed by atoms with E-state index in [0.29, 0.717) is 0 Å². The van der Waals surface area contributed by atoms with Crippen LogP contribution in [0.2, 0.25) is 0 Å². The molecule has 0 aliphatic carbocycles. The normalized spacial score (nSPS) is 11.4. The SMILES string of the molecule is Cc1ccc(Oc2c(F)cc(/C(N)=N/O)cc2F)cn1. The van der Waals surface area contributed by atoms with Gasteiger partial charge in [0.15, 0.2) is 23.2 Å². The van der Waals surface area contributed by atoms with Gasteiger partial charge in [-0.25, -0.2) is 8.78 Å². The number of hydrogen-bond acceptors (Lipinski definition) is 4. The standard InChI is InChI=1S/C13H11F2N3O2/c1-7-2-3-9(6-17-7)20-12-10(14)4-8(5-11(12)15)13(16)18-19/h2-6,19H,1H3,(H2,16,18). The highest BCUT2D eigenvalue weighted by Crippen LogP contribution is 2.28. The third kappa shape index (κ3) is 2.82. The number of nitrogens with zero attached hydrogens (tertiary/aromatic N) is 2. The molecular formula is C13H11F2N3O2. The number of halogens is 2. The first-order chi connectivity index (χ1) is 9.51. The molecule has 7 heteroatoms. The van der Waals surface area contributed by atoms with Crippen LogP contribution in [0.3, 0.4) is 0 Å². The van der Waals surface area contributed by atoms with E-state index in [4.69, 9.17) is 15.7 Å². The summed E-state index contributed by atoms with van der Waals surface area (Å²) in [5.41, 5.74) is 5.93. The second-order valence-corrected chi connectivity index (χ2v) is 3.99. The summed E-state index contributed by atoms with van der Waals surface area (Å²) in [6.07, 6.45) is 1.35. The van der Waals surface area contributed by atoms with Gasteiger partial charge in [-0.05, 0) is 31.2 Å². The Labute approximate surface area is 113 Å². The minimum Gasteiger partial charge on any atom is -0.450 e. The van der Waals surface area contributed by atoms with Crippen LogP contribution in [0.25, 0.3) is 0 Å². The first-order valence-corrected chi connectivity index (χ1v) is 5.58. The van der Waals surface area contributed by atoms with Gasteiger partial charge in [0.2, 0.25) is 0 Å². The summed E-state index contributed by atoms with van der Waals surface area (Å²) in [5, 5.41) is 11.2. The highest BCUT2D eigenvalue weighted by Gasteiger charge is 2.15. The van der Waals surface area contributed by atoms with Gasteiger partial charge in [0.05, 0.1) is 6.20 Å². The third-order valence-corrected chi connectivity index (χ3v) is 2.51. The molecule has 0 aliphatic heterocycles. The zero-order valence-corrected chi connectivity index (χ0v) is 10.5. The summed E-state index contributed by atoms with van der Waals surface area (Å²) in [6.45, 7) is 1.77. The first kappa shape index (κ1) is 13.7. The molecule has 0 bridgehead atoms. The van der Waals surface area contributed by atoms with Gasteiger partial charge in [-0.15, -0.1) is 0 Å². The molecule has 1 aromatic carbocycles. The van der Waals surface area contributed by atoms with Crippen LogP contribution in [0.1, 0.15) is 11.3 Å². The summed E-state index contributed by atoms with van der Waals surface area (Å²) >= 11 is 0. The van der Waals surface area contributed by atoms with Crippen molar-refractivity contribution in [3.8, 4) is 11.5 Å². The quantitative estimate of drug-likeness (QED) is 0.391. The van der Waals surface area contributed by atoms with Crippen molar-refractivity contribution < 1.29 is 18.7 Å². The lowest BCUT2D eigenvalue weighted by Gasteiger charge is -2.09. The van der Waals surface area contributed by atoms with E-state index < -0.39 is 23.2 Å². The van der Waals surface area contributed by atoms with E-state index in [1.54, 1.807) is 19.1 Å². The van der Waals surface area contributed by atoms with E-state index in [9.17, 15) is 8.78 Å². The molecular weight excluding hydrogens is 268 g/mol. The van der Waals surface area contributed by atoms with Crippen molar-refractivity contribution in [2.45, 2.75) is 6.92 Å². The van der Waals surface area contributed by atoms with E-state index in [1.807, 2.05) is 0 Å². The first-order valence-electron chi connectivity index (χ1n) is 5.58. The van der Waals surface area contributed by atoms with E-state index >= 15 is 0 Å². The fraction of sp³-hybridized carbons (Fsp3) is 0.0769. The Hall–Kier alpha value is -2.70. The zero-order chi connectivity index (χ0) is 14.7. The molecule has 0 radical (unpaired) electrons. The van der Waals surface area contributed by atoms with Crippen LogP contribution in [-0.2, 0) is 0 Å². The average Bonchev–Trinajstić information content (AvgIpc) is 2.43. The second kappa shape index (κ2) is 5.52. The van der Waals surface area contributed by atoms with Crippen molar-refractivity contribution in [3.63, 3.8) is 0 Å². The van der Waals surface area contributed by atoms with Crippen LogP contribution in [0.5, 0.6) is 11.5 Å². The molecule has 5 nitrogen and oxygen atoms in total. The summed E-state index contributed by atoms with van der Waals surface area (Å²) < 4.78 is 32.7. The van der Waals surface area contributed by atoms with Gasteiger partial charge < -0.3 is 15.7 Å². The van der Waals surface area contributed by atoms with E-state index in [1.165, 1.54) is 6.20 Å². The van der Waals surface area contributed by atoms with E-state index in [2.05, 4.69) is 10.1 Å². The molecule has 1 heterocycles. The predicted molar refractivity (Wildman–Crippen MR) is 67.9 cm³/mol. The molecule has 0 saturated carbocycles. The Kier molecular flexibility index (Phi) is 3.79. The summed E-state index contributed by atoms with van der Waals surface area (Å²) in [5.74, 6) is -2.71. The molecule has 0 amide bonds. The average molecular weight is 279 g/mol. The minimum absolute atomic E-state index is 0.0862. The lowest BCUT2D eigenvalue weighted by atomic mass is 10.2. The number of hydrogen-bond donors (Lipinski definition) is 2. The number of rotatable bonds is 3. The van der Waals surface area contributed by atoms with Crippen molar-refractivity contribution in [2.75, 3.05) is 0 Å². The molecule has 1 aromatic heterocycles. The smallest absolute Gasteiger partial charge is 0.198 e. The van der Waals surface area contributed by atoms with Crippen LogP contribution in [-0.4, -0.2) is 16.0 Å². The summed E-state index contributed by atoms with van der Waals surface area (Å²) in [4.78, 5) is 3.95. The van der Waals surface area contributed by atoms with Gasteiger partial charge in [0, 0.05) is 11.3 Å². The van der Waals surface area contributed by atoms with Gasteiger partial charge in [0.25, 0.3) is 0 Å². The topological polar surface area (TPSA) is 80.7 Å². The van der Waals surface area contributed by atoms with Crippen molar-refractivity contribution in [3.05, 3.63) is 53.4 Å². The molecule has 104 valence electrons. The number of aromatic nitrogens is 1. The van der Waals surface area contributed by atoms with E-state index in [0.717, 1.165) is 17.8 Å². The van der Waals surface area contributed by atoms with Crippen LogP contribution in [0, 0.1) is 18.6 Å². The predicted octanol–water partition coefficient (Wildman–Crippen LogP) is 2.56. The Morgan fingerprint density at radius 2 is 1.95 bits per heavy atom. The van der Waals surface area contributed by atoms with Gasteiger partial charge >= 0.3 is 0 Å². The molecule has 2 aromatic rings. The number of benzene rings is 1. The number of nitrogens with two attached hydrogens (primary N) is 1.